The van der Waals surface area contributed by atoms with Gasteiger partial charge in [0.1, 0.15) is 11.5 Å². The molecule has 6 rings (SSSR count). The van der Waals surface area contributed by atoms with Crippen LogP contribution in [0.2, 0.25) is 0 Å². The molecule has 0 bridgehead atoms. The topological polar surface area (TPSA) is 83.9 Å². The van der Waals surface area contributed by atoms with Gasteiger partial charge in [-0.05, 0) is 71.5 Å². The number of ether oxygens (including phenoxy) is 4. The number of benzene rings is 4. The zero-order valence-electron chi connectivity index (χ0n) is 25.7. The molecule has 2 N–H and O–H groups in total. The highest BCUT2D eigenvalue weighted by Crippen LogP contribution is 2.50. The predicted molar refractivity (Wildman–Crippen MR) is 169 cm³/mol. The van der Waals surface area contributed by atoms with Crippen LogP contribution >= 0.6 is 0 Å². The lowest BCUT2D eigenvalue weighted by molar-refractivity contribution is 0.0507. The van der Waals surface area contributed by atoms with Crippen LogP contribution in [0.5, 0.6) is 34.5 Å². The van der Waals surface area contributed by atoms with Crippen LogP contribution in [-0.4, -0.2) is 61.5 Å². The molecule has 0 saturated heterocycles. The molecule has 0 amide bonds. The Kier molecular flexibility index (Phi) is 8.55. The quantitative estimate of drug-likeness (QED) is 0.242. The first-order valence-electron chi connectivity index (χ1n) is 15.0. The van der Waals surface area contributed by atoms with Gasteiger partial charge in [0.25, 0.3) is 0 Å². The number of aromatic hydroxyl groups is 2. The molecule has 0 radical (unpaired) electrons. The maximum absolute atomic E-state index is 10.8. The number of phenolic OH excluding ortho intramolecular Hbond substituents is 2. The summed E-state index contributed by atoms with van der Waals surface area (Å²) in [6.07, 6.45) is 1.65. The van der Waals surface area contributed by atoms with E-state index in [0.29, 0.717) is 36.1 Å². The molecule has 2 aliphatic heterocycles. The van der Waals surface area contributed by atoms with Gasteiger partial charge in [0.15, 0.2) is 23.0 Å². The van der Waals surface area contributed by atoms with Gasteiger partial charge < -0.3 is 29.2 Å². The predicted octanol–water partition coefficient (Wildman–Crippen LogP) is 6.03. The zero-order valence-corrected chi connectivity index (χ0v) is 25.7. The number of para-hydroxylation sites is 2. The lowest BCUT2D eigenvalue weighted by Crippen LogP contribution is -2.46. The second-order valence-corrected chi connectivity index (χ2v) is 11.4. The standard InChI is InChI=1S/C36H40N2O6/c1-41-31-17-23-13-15-37(21-25-9-5-7-11-29(25)39)35(27(23)19-33(31)43-3)36-28-20-34(44-4)32(42-2)18-24(28)14-16-38(36)22-26-10-6-8-12-30(26)40/h5-12,17-20,35-36,39-40H,13-16,21-22H2,1-4H3/t35-,36-/m0/s1. The molecule has 230 valence electrons. The van der Waals surface area contributed by atoms with Gasteiger partial charge >= 0.3 is 0 Å². The molecule has 2 aliphatic rings. The van der Waals surface area contributed by atoms with Gasteiger partial charge in [0, 0.05) is 37.3 Å². The summed E-state index contributed by atoms with van der Waals surface area (Å²) in [6, 6.07) is 23.3. The number of hydrogen-bond acceptors (Lipinski definition) is 8. The second kappa shape index (κ2) is 12.7. The van der Waals surface area contributed by atoms with Crippen LogP contribution < -0.4 is 18.9 Å². The van der Waals surface area contributed by atoms with Crippen LogP contribution in [0, 0.1) is 0 Å². The van der Waals surface area contributed by atoms with E-state index in [1.165, 1.54) is 11.1 Å². The van der Waals surface area contributed by atoms with E-state index < -0.39 is 0 Å². The molecule has 0 aliphatic carbocycles. The Hall–Kier alpha value is -4.40. The minimum absolute atomic E-state index is 0.124. The van der Waals surface area contributed by atoms with Crippen molar-refractivity contribution in [2.45, 2.75) is 38.0 Å². The number of hydrogen-bond donors (Lipinski definition) is 2. The van der Waals surface area contributed by atoms with Crippen LogP contribution in [0.15, 0.2) is 72.8 Å². The van der Waals surface area contributed by atoms with E-state index >= 15 is 0 Å². The molecule has 2 heterocycles. The van der Waals surface area contributed by atoms with Crippen LogP contribution in [0.25, 0.3) is 0 Å². The average molecular weight is 597 g/mol. The normalized spacial score (nSPS) is 18.3. The van der Waals surface area contributed by atoms with Gasteiger partial charge in [0.2, 0.25) is 0 Å². The molecule has 0 aromatic heterocycles. The van der Waals surface area contributed by atoms with Crippen molar-refractivity contribution in [2.24, 2.45) is 0 Å². The maximum Gasteiger partial charge on any atom is 0.161 e. The summed E-state index contributed by atoms with van der Waals surface area (Å²) in [5.74, 6) is 3.34. The summed E-state index contributed by atoms with van der Waals surface area (Å²) >= 11 is 0. The summed E-state index contributed by atoms with van der Waals surface area (Å²) in [5, 5.41) is 21.6. The van der Waals surface area contributed by atoms with E-state index in [1.807, 2.05) is 36.4 Å². The summed E-state index contributed by atoms with van der Waals surface area (Å²) in [5.41, 5.74) is 6.46. The first-order chi connectivity index (χ1) is 21.4. The van der Waals surface area contributed by atoms with Gasteiger partial charge in [-0.1, -0.05) is 36.4 Å². The van der Waals surface area contributed by atoms with Crippen LogP contribution in [0.3, 0.4) is 0 Å². The van der Waals surface area contributed by atoms with Crippen molar-refractivity contribution in [1.29, 1.82) is 0 Å². The lowest BCUT2D eigenvalue weighted by atomic mass is 9.80. The molecule has 2 atom stereocenters. The number of rotatable bonds is 9. The Balaban J connectivity index is 1.56. The summed E-state index contributed by atoms with van der Waals surface area (Å²) < 4.78 is 23.0. The highest BCUT2D eigenvalue weighted by Gasteiger charge is 2.42. The molecule has 8 heteroatoms. The van der Waals surface area contributed by atoms with Crippen molar-refractivity contribution in [2.75, 3.05) is 41.5 Å². The minimum atomic E-state index is -0.124. The summed E-state index contributed by atoms with van der Waals surface area (Å²) in [7, 11) is 6.67. The highest BCUT2D eigenvalue weighted by atomic mass is 16.5. The summed E-state index contributed by atoms with van der Waals surface area (Å²) in [6.45, 7) is 2.69. The summed E-state index contributed by atoms with van der Waals surface area (Å²) in [4.78, 5) is 4.91. The molecule has 4 aromatic carbocycles. The lowest BCUT2D eigenvalue weighted by Gasteiger charge is -2.48. The molecule has 4 aromatic rings. The Morgan fingerprint density at radius 2 is 0.932 bits per heavy atom. The third kappa shape index (κ3) is 5.51. The zero-order chi connectivity index (χ0) is 30.8. The van der Waals surface area contributed by atoms with Gasteiger partial charge in [-0.2, -0.15) is 0 Å². The van der Waals surface area contributed by atoms with Crippen molar-refractivity contribution >= 4 is 0 Å². The van der Waals surface area contributed by atoms with Crippen molar-refractivity contribution in [3.05, 3.63) is 106 Å². The largest absolute Gasteiger partial charge is 0.508 e. The smallest absolute Gasteiger partial charge is 0.161 e. The number of fused-ring (bicyclic) bond motifs is 2. The van der Waals surface area contributed by atoms with Gasteiger partial charge in [-0.3, -0.25) is 9.80 Å². The average Bonchev–Trinajstić information content (AvgIpc) is 3.05. The van der Waals surface area contributed by atoms with E-state index in [-0.39, 0.29) is 23.6 Å². The molecule has 8 nitrogen and oxygen atoms in total. The van der Waals surface area contributed by atoms with E-state index in [0.717, 1.165) is 48.2 Å². The number of methoxy groups -OCH3 is 4. The Morgan fingerprint density at radius 1 is 0.568 bits per heavy atom. The van der Waals surface area contributed by atoms with Crippen molar-refractivity contribution in [3.63, 3.8) is 0 Å². The van der Waals surface area contributed by atoms with Gasteiger partial charge in [-0.25, -0.2) is 0 Å². The highest BCUT2D eigenvalue weighted by molar-refractivity contribution is 5.54. The van der Waals surface area contributed by atoms with Crippen LogP contribution in [-0.2, 0) is 25.9 Å². The number of nitrogens with zero attached hydrogens (tertiary/aromatic N) is 2. The Labute approximate surface area is 259 Å². The Bertz CT molecular complexity index is 1520. The molecule has 0 spiro atoms. The molecule has 44 heavy (non-hydrogen) atoms. The van der Waals surface area contributed by atoms with Gasteiger partial charge in [-0.15, -0.1) is 0 Å². The third-order valence-corrected chi connectivity index (χ3v) is 9.08. The SMILES string of the molecule is COc1cc2c(cc1OC)[C@@H]([C@@H]1c3cc(OC)c(OC)cc3CCN1Cc1ccccc1O)N(Cc1ccccc1O)CC2. The second-order valence-electron chi connectivity index (χ2n) is 11.4. The minimum Gasteiger partial charge on any atom is -0.508 e. The first kappa shape index (κ1) is 29.7. The van der Waals surface area contributed by atoms with E-state index in [1.54, 1.807) is 40.6 Å². The fraction of sp³-hybridized carbons (Fsp3) is 0.333. The van der Waals surface area contributed by atoms with Crippen LogP contribution in [0.4, 0.5) is 0 Å². The van der Waals surface area contributed by atoms with Crippen molar-refractivity contribution in [1.82, 2.24) is 9.80 Å². The van der Waals surface area contributed by atoms with Crippen molar-refractivity contribution in [3.8, 4) is 34.5 Å². The monoisotopic (exact) mass is 596 g/mol. The van der Waals surface area contributed by atoms with E-state index in [2.05, 4.69) is 34.1 Å². The van der Waals surface area contributed by atoms with E-state index in [9.17, 15) is 10.2 Å². The Morgan fingerprint density at radius 3 is 1.30 bits per heavy atom. The maximum atomic E-state index is 10.8. The number of phenols is 2. The molecular formula is C36H40N2O6. The molecule has 0 saturated carbocycles. The van der Waals surface area contributed by atoms with Crippen molar-refractivity contribution < 1.29 is 29.2 Å². The molecular weight excluding hydrogens is 556 g/mol. The van der Waals surface area contributed by atoms with E-state index in [4.69, 9.17) is 18.9 Å². The van der Waals surface area contributed by atoms with Crippen LogP contribution in [0.1, 0.15) is 45.5 Å². The molecule has 0 unspecified atom stereocenters. The fourth-order valence-electron chi connectivity index (χ4n) is 6.88. The first-order valence-corrected chi connectivity index (χ1v) is 15.0. The molecule has 0 fully saturated rings. The van der Waals surface area contributed by atoms with Gasteiger partial charge in [0.05, 0.1) is 40.5 Å². The third-order valence-electron chi connectivity index (χ3n) is 9.08. The fourth-order valence-corrected chi connectivity index (χ4v) is 6.88.